The molecule has 4 nitrogen and oxygen atoms in total. The molecule has 1 amide bonds. The molecule has 3 aromatic rings. The van der Waals surface area contributed by atoms with Crippen molar-refractivity contribution in [3.63, 3.8) is 0 Å². The maximum Gasteiger partial charge on any atom is 0.253 e. The maximum absolute atomic E-state index is 13.1. The second-order valence-electron chi connectivity index (χ2n) is 6.77. The molecule has 4 rings (SSSR count). The summed E-state index contributed by atoms with van der Waals surface area (Å²) < 4.78 is 27.8. The first-order valence-electron chi connectivity index (χ1n) is 8.95. The summed E-state index contributed by atoms with van der Waals surface area (Å²) in [5.41, 5.74) is 2.44. The molecule has 0 radical (unpaired) electrons. The minimum absolute atomic E-state index is 0.0598. The zero-order valence-corrected chi connectivity index (χ0v) is 14.7. The Hall–Kier alpha value is -3.02. The van der Waals surface area contributed by atoms with Crippen LogP contribution in [-0.4, -0.2) is 33.7 Å². The number of aromatic nitrogens is 2. The number of halogens is 2. The van der Waals surface area contributed by atoms with E-state index in [9.17, 15) is 13.6 Å². The highest BCUT2D eigenvalue weighted by atomic mass is 19.1. The first-order valence-corrected chi connectivity index (χ1v) is 8.95. The molecule has 0 spiro atoms. The van der Waals surface area contributed by atoms with Crippen molar-refractivity contribution in [2.24, 2.45) is 0 Å². The molecule has 0 saturated carbocycles. The van der Waals surface area contributed by atoms with E-state index in [2.05, 4.69) is 5.10 Å². The third kappa shape index (κ3) is 3.74. The summed E-state index contributed by atoms with van der Waals surface area (Å²) in [6.45, 7) is 1.31. The molecule has 2 heterocycles. The fourth-order valence-corrected chi connectivity index (χ4v) is 3.47. The van der Waals surface area contributed by atoms with E-state index in [1.165, 1.54) is 36.4 Å². The number of hydrogen-bond donors (Lipinski definition) is 0. The van der Waals surface area contributed by atoms with Crippen molar-refractivity contribution in [2.75, 3.05) is 13.1 Å². The molecule has 27 heavy (non-hydrogen) atoms. The van der Waals surface area contributed by atoms with Gasteiger partial charge in [-0.3, -0.25) is 4.79 Å². The van der Waals surface area contributed by atoms with E-state index in [1.54, 1.807) is 16.8 Å². The highest BCUT2D eigenvalue weighted by molar-refractivity contribution is 5.94. The Kier molecular flexibility index (Phi) is 4.71. The van der Waals surface area contributed by atoms with Crippen molar-refractivity contribution in [2.45, 2.75) is 18.8 Å². The minimum atomic E-state index is -0.344. The predicted octanol–water partition coefficient (Wildman–Crippen LogP) is 4.17. The van der Waals surface area contributed by atoms with Crippen molar-refractivity contribution in [3.05, 3.63) is 83.7 Å². The van der Waals surface area contributed by atoms with Gasteiger partial charge in [0.05, 0.1) is 11.9 Å². The number of amides is 1. The number of carbonyl (C=O) groups is 1. The van der Waals surface area contributed by atoms with Crippen molar-refractivity contribution < 1.29 is 13.6 Å². The van der Waals surface area contributed by atoms with E-state index >= 15 is 0 Å². The summed E-state index contributed by atoms with van der Waals surface area (Å²) in [7, 11) is 0. The smallest absolute Gasteiger partial charge is 0.253 e. The number of benzene rings is 2. The number of hydrogen-bond acceptors (Lipinski definition) is 2. The van der Waals surface area contributed by atoms with Crippen LogP contribution in [0, 0.1) is 11.6 Å². The molecule has 0 aliphatic carbocycles. The largest absolute Gasteiger partial charge is 0.339 e. The van der Waals surface area contributed by atoms with Crippen molar-refractivity contribution in [3.8, 4) is 5.69 Å². The number of piperidine rings is 1. The van der Waals surface area contributed by atoms with E-state index in [-0.39, 0.29) is 17.5 Å². The van der Waals surface area contributed by atoms with Crippen molar-refractivity contribution in [1.29, 1.82) is 0 Å². The molecular formula is C21H19F2N3O. The molecule has 1 fully saturated rings. The highest BCUT2D eigenvalue weighted by Crippen LogP contribution is 2.29. The van der Waals surface area contributed by atoms with E-state index < -0.39 is 0 Å². The maximum atomic E-state index is 13.1. The molecule has 1 aliphatic heterocycles. The van der Waals surface area contributed by atoms with Gasteiger partial charge in [0.2, 0.25) is 0 Å². The summed E-state index contributed by atoms with van der Waals surface area (Å²) in [5.74, 6) is -0.348. The molecule has 2 aromatic carbocycles. The molecule has 138 valence electrons. The molecule has 0 bridgehead atoms. The molecule has 1 aliphatic rings. The molecule has 0 atom stereocenters. The summed E-state index contributed by atoms with van der Waals surface area (Å²) in [4.78, 5) is 14.3. The van der Waals surface area contributed by atoms with E-state index in [4.69, 9.17) is 0 Å². The molecule has 1 aromatic heterocycles. The zero-order chi connectivity index (χ0) is 18.8. The lowest BCUT2D eigenvalue weighted by Gasteiger charge is -2.31. The molecule has 6 heteroatoms. The van der Waals surface area contributed by atoms with Gasteiger partial charge < -0.3 is 4.90 Å². The Bertz CT molecular complexity index is 927. The van der Waals surface area contributed by atoms with Gasteiger partial charge in [-0.1, -0.05) is 0 Å². The predicted molar refractivity (Wildman–Crippen MR) is 97.8 cm³/mol. The lowest BCUT2D eigenvalue weighted by atomic mass is 9.91. The Labute approximate surface area is 156 Å². The van der Waals surface area contributed by atoms with Gasteiger partial charge in [-0.25, -0.2) is 13.5 Å². The fraction of sp³-hybridized carbons (Fsp3) is 0.238. The quantitative estimate of drug-likeness (QED) is 0.697. The number of likely N-dealkylation sites (tertiary alicyclic amines) is 1. The van der Waals surface area contributed by atoms with Crippen LogP contribution >= 0.6 is 0 Å². The van der Waals surface area contributed by atoms with Gasteiger partial charge in [0, 0.05) is 24.8 Å². The lowest BCUT2D eigenvalue weighted by Crippen LogP contribution is -2.37. The molecular weight excluding hydrogens is 348 g/mol. The van der Waals surface area contributed by atoms with Crippen LogP contribution in [0.4, 0.5) is 8.78 Å². The van der Waals surface area contributed by atoms with Gasteiger partial charge in [0.1, 0.15) is 11.6 Å². The standard InChI is InChI=1S/C21H19F2N3O/c22-18-3-1-16(2-4-18)21(27)25-11-9-15(10-12-25)17-13-24-26(14-17)20-7-5-19(23)6-8-20/h1-8,13-15H,9-12H2. The normalized spacial score (nSPS) is 15.1. The average Bonchev–Trinajstić information content (AvgIpc) is 3.19. The Morgan fingerprint density at radius 2 is 1.52 bits per heavy atom. The lowest BCUT2D eigenvalue weighted by molar-refractivity contribution is 0.0713. The number of carbonyl (C=O) groups excluding carboxylic acids is 1. The van der Waals surface area contributed by atoms with Crippen LogP contribution in [0.25, 0.3) is 5.69 Å². The summed E-state index contributed by atoms with van der Waals surface area (Å²) in [6, 6.07) is 11.9. The molecule has 1 saturated heterocycles. The van der Waals surface area contributed by atoms with Gasteiger partial charge in [-0.05, 0) is 72.9 Å². The van der Waals surface area contributed by atoms with E-state index in [0.29, 0.717) is 24.6 Å². The summed E-state index contributed by atoms with van der Waals surface area (Å²) >= 11 is 0. The summed E-state index contributed by atoms with van der Waals surface area (Å²) in [5, 5.41) is 4.38. The Morgan fingerprint density at radius 3 is 2.15 bits per heavy atom. The Morgan fingerprint density at radius 1 is 0.926 bits per heavy atom. The molecule has 0 unspecified atom stereocenters. The van der Waals surface area contributed by atoms with Gasteiger partial charge in [-0.15, -0.1) is 0 Å². The van der Waals surface area contributed by atoms with Crippen molar-refractivity contribution >= 4 is 5.91 Å². The van der Waals surface area contributed by atoms with Crippen molar-refractivity contribution in [1.82, 2.24) is 14.7 Å². The van der Waals surface area contributed by atoms with Crippen LogP contribution in [0.1, 0.15) is 34.7 Å². The average molecular weight is 367 g/mol. The zero-order valence-electron chi connectivity index (χ0n) is 14.7. The minimum Gasteiger partial charge on any atom is -0.339 e. The van der Waals surface area contributed by atoms with Crippen LogP contribution in [0.3, 0.4) is 0 Å². The number of nitrogens with zero attached hydrogens (tertiary/aromatic N) is 3. The molecule has 0 N–H and O–H groups in total. The highest BCUT2D eigenvalue weighted by Gasteiger charge is 2.25. The van der Waals surface area contributed by atoms with Crippen LogP contribution in [-0.2, 0) is 0 Å². The summed E-state index contributed by atoms with van der Waals surface area (Å²) in [6.07, 6.45) is 5.50. The third-order valence-electron chi connectivity index (χ3n) is 5.04. The second-order valence-corrected chi connectivity index (χ2v) is 6.77. The van der Waals surface area contributed by atoms with Crippen LogP contribution in [0.5, 0.6) is 0 Å². The monoisotopic (exact) mass is 367 g/mol. The fourth-order valence-electron chi connectivity index (χ4n) is 3.47. The Balaban J connectivity index is 1.40. The first-order chi connectivity index (χ1) is 13.1. The van der Waals surface area contributed by atoms with Crippen LogP contribution in [0.2, 0.25) is 0 Å². The second kappa shape index (κ2) is 7.31. The topological polar surface area (TPSA) is 38.1 Å². The SMILES string of the molecule is O=C(c1ccc(F)cc1)N1CCC(c2cnn(-c3ccc(F)cc3)c2)CC1. The van der Waals surface area contributed by atoms with Gasteiger partial charge in [0.15, 0.2) is 0 Å². The van der Waals surface area contributed by atoms with Crippen LogP contribution in [0.15, 0.2) is 60.9 Å². The number of rotatable bonds is 3. The van der Waals surface area contributed by atoms with E-state index in [0.717, 1.165) is 24.1 Å². The third-order valence-corrected chi connectivity index (χ3v) is 5.04. The van der Waals surface area contributed by atoms with E-state index in [1.807, 2.05) is 17.3 Å². The van der Waals surface area contributed by atoms with Crippen LogP contribution < -0.4 is 0 Å². The van der Waals surface area contributed by atoms with Gasteiger partial charge >= 0.3 is 0 Å². The van der Waals surface area contributed by atoms with Gasteiger partial charge in [0.25, 0.3) is 5.91 Å². The first kappa shape index (κ1) is 17.4. The van der Waals surface area contributed by atoms with Gasteiger partial charge in [-0.2, -0.15) is 5.10 Å².